The first kappa shape index (κ1) is 23.9. The zero-order valence-corrected chi connectivity index (χ0v) is 20.4. The third-order valence-corrected chi connectivity index (χ3v) is 8.27. The highest BCUT2D eigenvalue weighted by Gasteiger charge is 2.42. The van der Waals surface area contributed by atoms with Crippen LogP contribution in [0.2, 0.25) is 0 Å². The van der Waals surface area contributed by atoms with Crippen molar-refractivity contribution >= 4 is 23.6 Å². The van der Waals surface area contributed by atoms with E-state index in [1.54, 1.807) is 24.3 Å². The van der Waals surface area contributed by atoms with Crippen molar-refractivity contribution < 1.29 is 23.4 Å². The Labute approximate surface area is 208 Å². The van der Waals surface area contributed by atoms with E-state index >= 15 is 0 Å². The second-order valence-corrected chi connectivity index (χ2v) is 10.4. The molecule has 3 unspecified atom stereocenters. The first-order valence-corrected chi connectivity index (χ1v) is 13.4. The van der Waals surface area contributed by atoms with E-state index in [1.807, 2.05) is 9.80 Å². The summed E-state index contributed by atoms with van der Waals surface area (Å²) in [5.41, 5.74) is 0.798. The van der Waals surface area contributed by atoms with Gasteiger partial charge in [0.05, 0.1) is 17.8 Å². The van der Waals surface area contributed by atoms with Gasteiger partial charge in [0.25, 0.3) is 10.9 Å². The van der Waals surface area contributed by atoms with Crippen molar-refractivity contribution in [2.24, 2.45) is 0 Å². The molecule has 2 amide bonds. The predicted octanol–water partition coefficient (Wildman–Crippen LogP) is 3.32. The number of benzene rings is 1. The van der Waals surface area contributed by atoms with E-state index in [1.165, 1.54) is 30.1 Å². The smallest absolute Gasteiger partial charge is 0.263 e. The van der Waals surface area contributed by atoms with Gasteiger partial charge in [-0.1, -0.05) is 0 Å². The van der Waals surface area contributed by atoms with Crippen molar-refractivity contribution in [2.75, 3.05) is 18.8 Å². The van der Waals surface area contributed by atoms with Gasteiger partial charge in [-0.2, -0.15) is 4.73 Å². The molecule has 2 fully saturated rings. The minimum Gasteiger partial charge on any atom is -0.618 e. The molecule has 3 aliphatic heterocycles. The molecule has 4 heterocycles. The number of carbonyl (C=O) groups excluding carboxylic acids is 2. The minimum atomic E-state index is -0.581. The van der Waals surface area contributed by atoms with Crippen LogP contribution in [-0.2, 0) is 16.0 Å². The molecule has 2 aromatic rings. The summed E-state index contributed by atoms with van der Waals surface area (Å²) < 4.78 is 20.3. The van der Waals surface area contributed by atoms with Gasteiger partial charge in [-0.15, -0.1) is 0 Å². The first-order valence-electron chi connectivity index (χ1n) is 12.4. The van der Waals surface area contributed by atoms with Gasteiger partial charge in [0.15, 0.2) is 12.3 Å². The van der Waals surface area contributed by atoms with E-state index < -0.39 is 6.10 Å². The van der Waals surface area contributed by atoms with Crippen molar-refractivity contribution in [3.8, 4) is 5.75 Å². The summed E-state index contributed by atoms with van der Waals surface area (Å²) in [6.45, 7) is 1.33. The van der Waals surface area contributed by atoms with E-state index in [-0.39, 0.29) is 35.5 Å². The number of pyridine rings is 1. The summed E-state index contributed by atoms with van der Waals surface area (Å²) in [5.74, 6) is 0.450. The molecule has 0 bridgehead atoms. The number of amides is 2. The van der Waals surface area contributed by atoms with Gasteiger partial charge < -0.3 is 19.7 Å². The summed E-state index contributed by atoms with van der Waals surface area (Å²) in [7, 11) is 0. The monoisotopic (exact) mass is 499 g/mol. The molecule has 35 heavy (non-hydrogen) atoms. The van der Waals surface area contributed by atoms with Gasteiger partial charge in [0, 0.05) is 25.2 Å². The molecule has 0 N–H and O–H groups in total. The largest absolute Gasteiger partial charge is 0.618 e. The Morgan fingerprint density at radius 1 is 1.06 bits per heavy atom. The standard InChI is InChI=1S/C26H30FN3O4S/c27-19-10-12-22-18(16-19)9-11-23(34-22)26(32)29-14-5-7-21(29)20-6-1-3-13-28(20)24(31)17-35-25-8-2-4-15-30(25)33/h2,4,8,10,12,15-16,20-21,23H,1,3,5-7,9,11,13-14,17H2. The molecule has 0 spiro atoms. The predicted molar refractivity (Wildman–Crippen MR) is 129 cm³/mol. The number of likely N-dealkylation sites (tertiary alicyclic amines) is 2. The Bertz CT molecular complexity index is 1100. The number of rotatable bonds is 5. The van der Waals surface area contributed by atoms with Gasteiger partial charge >= 0.3 is 0 Å². The van der Waals surface area contributed by atoms with Crippen LogP contribution in [0.15, 0.2) is 47.6 Å². The highest BCUT2D eigenvalue weighted by Crippen LogP contribution is 2.33. The lowest BCUT2D eigenvalue weighted by molar-refractivity contribution is -0.645. The molecular weight excluding hydrogens is 469 g/mol. The number of halogens is 1. The topological polar surface area (TPSA) is 76.8 Å². The average Bonchev–Trinajstić information content (AvgIpc) is 3.37. The maximum atomic E-state index is 13.5. The highest BCUT2D eigenvalue weighted by molar-refractivity contribution is 7.99. The number of hydrogen-bond donors (Lipinski definition) is 0. The number of ether oxygens (including phenoxy) is 1. The Balaban J connectivity index is 1.26. The fourth-order valence-electron chi connectivity index (χ4n) is 5.59. The molecule has 5 rings (SSSR count). The lowest BCUT2D eigenvalue weighted by atomic mass is 9.93. The minimum absolute atomic E-state index is 0.00715. The second-order valence-electron chi connectivity index (χ2n) is 9.44. The van der Waals surface area contributed by atoms with Crippen LogP contribution < -0.4 is 9.47 Å². The van der Waals surface area contributed by atoms with Crippen LogP contribution in [0.3, 0.4) is 0 Å². The summed E-state index contributed by atoms with van der Waals surface area (Å²) in [6, 6.07) is 9.54. The number of hydrogen-bond acceptors (Lipinski definition) is 5. The van der Waals surface area contributed by atoms with Crippen molar-refractivity contribution in [2.45, 2.75) is 68.2 Å². The van der Waals surface area contributed by atoms with Crippen molar-refractivity contribution in [3.63, 3.8) is 0 Å². The maximum Gasteiger partial charge on any atom is 0.263 e. The molecule has 7 nitrogen and oxygen atoms in total. The van der Waals surface area contributed by atoms with Gasteiger partial charge in [-0.05, 0) is 86.5 Å². The van der Waals surface area contributed by atoms with E-state index in [4.69, 9.17) is 4.74 Å². The fraction of sp³-hybridized carbons (Fsp3) is 0.500. The summed E-state index contributed by atoms with van der Waals surface area (Å²) >= 11 is 1.25. The number of nitrogens with zero attached hydrogens (tertiary/aromatic N) is 3. The second kappa shape index (κ2) is 10.4. The van der Waals surface area contributed by atoms with Crippen LogP contribution in [0, 0.1) is 11.0 Å². The highest BCUT2D eigenvalue weighted by atomic mass is 32.2. The fourth-order valence-corrected chi connectivity index (χ4v) is 6.39. The van der Waals surface area contributed by atoms with Crippen LogP contribution in [0.4, 0.5) is 4.39 Å². The normalized spacial score (nSPS) is 24.1. The van der Waals surface area contributed by atoms with Crippen LogP contribution in [-0.4, -0.2) is 58.6 Å². The quantitative estimate of drug-likeness (QED) is 0.358. The molecule has 1 aromatic heterocycles. The number of carbonyl (C=O) groups is 2. The lowest BCUT2D eigenvalue weighted by Gasteiger charge is -2.43. The Kier molecular flexibility index (Phi) is 7.13. The summed E-state index contributed by atoms with van der Waals surface area (Å²) in [4.78, 5) is 30.6. The van der Waals surface area contributed by atoms with E-state index in [0.717, 1.165) is 42.4 Å². The number of thioether (sulfide) groups is 1. The average molecular weight is 500 g/mol. The number of aromatic nitrogens is 1. The number of piperidine rings is 1. The first-order chi connectivity index (χ1) is 17.0. The molecule has 3 aliphatic rings. The van der Waals surface area contributed by atoms with E-state index in [9.17, 15) is 19.2 Å². The molecule has 186 valence electrons. The van der Waals surface area contributed by atoms with E-state index in [2.05, 4.69) is 0 Å². The van der Waals surface area contributed by atoms with Crippen LogP contribution in [0.1, 0.15) is 44.1 Å². The molecule has 0 radical (unpaired) electrons. The third kappa shape index (κ3) is 5.10. The van der Waals surface area contributed by atoms with Crippen LogP contribution in [0.5, 0.6) is 5.75 Å². The van der Waals surface area contributed by atoms with Gasteiger partial charge in [-0.3, -0.25) is 9.59 Å². The third-order valence-electron chi connectivity index (χ3n) is 7.27. The molecule has 3 atom stereocenters. The Morgan fingerprint density at radius 2 is 1.86 bits per heavy atom. The number of fused-ring (bicyclic) bond motifs is 1. The SMILES string of the molecule is O=C(CSc1cccc[n+]1[O-])N1CCCCC1C1CCCN1C(=O)C1CCc2cc(F)ccc2O1. The van der Waals surface area contributed by atoms with Crippen LogP contribution >= 0.6 is 11.8 Å². The molecule has 2 saturated heterocycles. The van der Waals surface area contributed by atoms with E-state index in [0.29, 0.717) is 36.7 Å². The van der Waals surface area contributed by atoms with Crippen molar-refractivity contribution in [3.05, 3.63) is 59.2 Å². The lowest BCUT2D eigenvalue weighted by Crippen LogP contribution is -2.57. The van der Waals surface area contributed by atoms with Crippen molar-refractivity contribution in [1.29, 1.82) is 0 Å². The molecule has 0 aliphatic carbocycles. The molecule has 1 aromatic carbocycles. The summed E-state index contributed by atoms with van der Waals surface area (Å²) in [5, 5.41) is 12.4. The van der Waals surface area contributed by atoms with Crippen LogP contribution in [0.25, 0.3) is 0 Å². The zero-order valence-electron chi connectivity index (χ0n) is 19.6. The Morgan fingerprint density at radius 3 is 2.71 bits per heavy atom. The van der Waals surface area contributed by atoms with Gasteiger partial charge in [0.1, 0.15) is 11.6 Å². The molecule has 0 saturated carbocycles. The van der Waals surface area contributed by atoms with Crippen molar-refractivity contribution in [1.82, 2.24) is 9.80 Å². The molecule has 9 heteroatoms. The zero-order chi connectivity index (χ0) is 24.4. The Hall–Kier alpha value is -2.81. The number of aryl methyl sites for hydroxylation is 1. The van der Waals surface area contributed by atoms with Gasteiger partial charge in [0.2, 0.25) is 5.91 Å². The maximum absolute atomic E-state index is 13.5. The van der Waals surface area contributed by atoms with Gasteiger partial charge in [-0.25, -0.2) is 4.39 Å². The summed E-state index contributed by atoms with van der Waals surface area (Å²) in [6.07, 6.45) is 6.58. The molecular formula is C26H30FN3O4S.